The van der Waals surface area contributed by atoms with Gasteiger partial charge < -0.3 is 15.0 Å². The Bertz CT molecular complexity index is 385. The van der Waals surface area contributed by atoms with Crippen molar-refractivity contribution in [3.05, 3.63) is 24.6 Å². The molecule has 0 amide bonds. The van der Waals surface area contributed by atoms with E-state index in [1.807, 2.05) is 0 Å². The lowest BCUT2D eigenvalue weighted by atomic mass is 9.85. The van der Waals surface area contributed by atoms with Gasteiger partial charge in [0.25, 0.3) is 0 Å². The molecule has 0 aromatic heterocycles. The maximum absolute atomic E-state index is 11.1. The summed E-state index contributed by atoms with van der Waals surface area (Å²) in [6, 6.07) is 0.426. The summed E-state index contributed by atoms with van der Waals surface area (Å²) in [7, 11) is 3.47. The van der Waals surface area contributed by atoms with Crippen LogP contribution in [0.1, 0.15) is 25.7 Å². The van der Waals surface area contributed by atoms with Crippen LogP contribution < -0.4 is 5.32 Å². The number of carbonyl (C=O) groups excluding carboxylic acids is 1. The van der Waals surface area contributed by atoms with E-state index >= 15 is 0 Å². The van der Waals surface area contributed by atoms with Crippen LogP contribution in [0.2, 0.25) is 0 Å². The normalized spacial score (nSPS) is 22.5. The largest absolute Gasteiger partial charge is 0.468 e. The van der Waals surface area contributed by atoms with Crippen molar-refractivity contribution >= 4 is 12.7 Å². The van der Waals surface area contributed by atoms with Crippen molar-refractivity contribution in [1.82, 2.24) is 10.2 Å². The number of allylic oxidation sites excluding steroid dienone is 1. The number of hydrogen-bond donors (Lipinski definition) is 1. The fourth-order valence-corrected chi connectivity index (χ4v) is 2.74. The molecule has 0 radical (unpaired) electrons. The molecule has 0 saturated heterocycles. The highest BCUT2D eigenvalue weighted by atomic mass is 16.5. The molecule has 1 rings (SSSR count). The molecular formula is C16H27N3O2. The van der Waals surface area contributed by atoms with Gasteiger partial charge in [-0.25, -0.2) is 0 Å². The second-order valence-corrected chi connectivity index (χ2v) is 5.50. The summed E-state index contributed by atoms with van der Waals surface area (Å²) in [5, 5.41) is 3.26. The topological polar surface area (TPSA) is 53.9 Å². The predicted octanol–water partition coefficient (Wildman–Crippen LogP) is 1.97. The molecule has 1 fully saturated rings. The number of esters is 1. The summed E-state index contributed by atoms with van der Waals surface area (Å²) in [4.78, 5) is 17.1. The van der Waals surface area contributed by atoms with Crippen LogP contribution in [-0.4, -0.2) is 50.9 Å². The standard InChI is InChI=1S/C16H27N3O2/c1-5-15(10-17-2)19(3)12-13-6-8-14(9-7-13)18-11-16(20)21-4/h5,10,13-14,18H,1-2,6-9,11-12H2,3-4H3. The van der Waals surface area contributed by atoms with Gasteiger partial charge in [-0.15, -0.1) is 0 Å². The summed E-state index contributed by atoms with van der Waals surface area (Å²) in [6.45, 7) is 8.59. The third-order valence-electron chi connectivity index (χ3n) is 4.02. The second kappa shape index (κ2) is 9.34. The van der Waals surface area contributed by atoms with Crippen LogP contribution in [0.3, 0.4) is 0 Å². The van der Waals surface area contributed by atoms with Crippen LogP contribution >= 0.6 is 0 Å². The average Bonchev–Trinajstić information content (AvgIpc) is 2.51. The Labute approximate surface area is 127 Å². The van der Waals surface area contributed by atoms with E-state index in [1.54, 1.807) is 12.3 Å². The number of ether oxygens (including phenoxy) is 1. The van der Waals surface area contributed by atoms with Gasteiger partial charge in [0, 0.05) is 25.8 Å². The SMILES string of the molecule is C=CC(=CN=C)N(C)CC1CCC(NCC(=O)OC)CC1. The van der Waals surface area contributed by atoms with Crippen LogP contribution in [0, 0.1) is 5.92 Å². The molecular weight excluding hydrogens is 266 g/mol. The molecule has 5 nitrogen and oxygen atoms in total. The second-order valence-electron chi connectivity index (χ2n) is 5.50. The summed E-state index contributed by atoms with van der Waals surface area (Å²) in [5.41, 5.74) is 0.996. The molecule has 0 heterocycles. The fraction of sp³-hybridized carbons (Fsp3) is 0.625. The monoisotopic (exact) mass is 293 g/mol. The van der Waals surface area contributed by atoms with Gasteiger partial charge in [-0.2, -0.15) is 0 Å². The fourth-order valence-electron chi connectivity index (χ4n) is 2.74. The number of methoxy groups -OCH3 is 1. The molecule has 1 saturated carbocycles. The molecule has 1 aliphatic rings. The molecule has 5 heteroatoms. The first kappa shape index (κ1) is 17.4. The zero-order valence-electron chi connectivity index (χ0n) is 13.2. The van der Waals surface area contributed by atoms with Crippen molar-refractivity contribution in [2.24, 2.45) is 10.9 Å². The number of rotatable bonds is 8. The number of hydrogen-bond acceptors (Lipinski definition) is 5. The smallest absolute Gasteiger partial charge is 0.319 e. The van der Waals surface area contributed by atoms with Crippen LogP contribution in [0.25, 0.3) is 0 Å². The third-order valence-corrected chi connectivity index (χ3v) is 4.02. The molecule has 0 spiro atoms. The van der Waals surface area contributed by atoms with E-state index in [0.717, 1.165) is 37.9 Å². The molecule has 0 aliphatic heterocycles. The Morgan fingerprint density at radius 2 is 2.10 bits per heavy atom. The minimum atomic E-state index is -0.199. The molecule has 21 heavy (non-hydrogen) atoms. The van der Waals surface area contributed by atoms with Crippen molar-refractivity contribution in [2.45, 2.75) is 31.7 Å². The lowest BCUT2D eigenvalue weighted by Gasteiger charge is -2.32. The maximum atomic E-state index is 11.1. The van der Waals surface area contributed by atoms with Gasteiger partial charge in [-0.3, -0.25) is 9.79 Å². The summed E-state index contributed by atoms with van der Waals surface area (Å²) < 4.78 is 4.64. The molecule has 0 unspecified atom stereocenters. The van der Waals surface area contributed by atoms with Crippen LogP contribution in [-0.2, 0) is 9.53 Å². The van der Waals surface area contributed by atoms with E-state index < -0.39 is 0 Å². The van der Waals surface area contributed by atoms with Crippen LogP contribution in [0.5, 0.6) is 0 Å². The summed E-state index contributed by atoms with van der Waals surface area (Å²) in [6.07, 6.45) is 8.06. The number of aliphatic imine (C=N–C) groups is 1. The molecule has 118 valence electrons. The first-order chi connectivity index (χ1) is 10.1. The van der Waals surface area contributed by atoms with Crippen molar-refractivity contribution in [3.8, 4) is 0 Å². The Balaban J connectivity index is 2.33. The molecule has 1 N–H and O–H groups in total. The Morgan fingerprint density at radius 3 is 2.62 bits per heavy atom. The van der Waals surface area contributed by atoms with E-state index in [4.69, 9.17) is 0 Å². The van der Waals surface area contributed by atoms with E-state index in [-0.39, 0.29) is 5.97 Å². The summed E-state index contributed by atoms with van der Waals surface area (Å²) in [5.74, 6) is 0.467. The van der Waals surface area contributed by atoms with E-state index in [2.05, 4.69) is 40.3 Å². The van der Waals surface area contributed by atoms with Crippen LogP contribution in [0.4, 0.5) is 0 Å². The summed E-state index contributed by atoms with van der Waals surface area (Å²) >= 11 is 0. The zero-order valence-corrected chi connectivity index (χ0v) is 13.2. The number of likely N-dealkylation sites (N-methyl/N-ethyl adjacent to an activating group) is 1. The first-order valence-electron chi connectivity index (χ1n) is 7.40. The Hall–Kier alpha value is -1.62. The lowest BCUT2D eigenvalue weighted by molar-refractivity contribution is -0.139. The Kier molecular flexibility index (Phi) is 7.75. The molecule has 0 aromatic rings. The van der Waals surface area contributed by atoms with Gasteiger partial charge >= 0.3 is 5.97 Å². The van der Waals surface area contributed by atoms with Crippen molar-refractivity contribution in [2.75, 3.05) is 27.2 Å². The van der Waals surface area contributed by atoms with Crippen molar-refractivity contribution in [3.63, 3.8) is 0 Å². The quantitative estimate of drug-likeness (QED) is 0.422. The number of nitrogens with zero attached hydrogens (tertiary/aromatic N) is 2. The first-order valence-corrected chi connectivity index (χ1v) is 7.40. The predicted molar refractivity (Wildman–Crippen MR) is 86.2 cm³/mol. The Morgan fingerprint density at radius 1 is 1.43 bits per heavy atom. The van der Waals surface area contributed by atoms with Gasteiger partial charge in [0.05, 0.1) is 19.4 Å². The third kappa shape index (κ3) is 6.12. The lowest BCUT2D eigenvalue weighted by Crippen LogP contribution is -2.38. The van der Waals surface area contributed by atoms with Crippen molar-refractivity contribution < 1.29 is 9.53 Å². The van der Waals surface area contributed by atoms with Gasteiger partial charge in [0.2, 0.25) is 0 Å². The maximum Gasteiger partial charge on any atom is 0.319 e. The van der Waals surface area contributed by atoms with Gasteiger partial charge in [-0.1, -0.05) is 6.58 Å². The highest BCUT2D eigenvalue weighted by Gasteiger charge is 2.22. The van der Waals surface area contributed by atoms with E-state index in [9.17, 15) is 4.79 Å². The van der Waals surface area contributed by atoms with Crippen molar-refractivity contribution in [1.29, 1.82) is 0 Å². The molecule has 1 aliphatic carbocycles. The minimum absolute atomic E-state index is 0.199. The highest BCUT2D eigenvalue weighted by molar-refractivity contribution is 5.71. The average molecular weight is 293 g/mol. The van der Waals surface area contributed by atoms with E-state index in [0.29, 0.717) is 18.5 Å². The zero-order chi connectivity index (χ0) is 15.7. The number of carbonyl (C=O) groups is 1. The minimum Gasteiger partial charge on any atom is -0.468 e. The van der Waals surface area contributed by atoms with Gasteiger partial charge in [0.15, 0.2) is 0 Å². The molecule has 0 aromatic carbocycles. The molecule has 0 bridgehead atoms. The van der Waals surface area contributed by atoms with Crippen LogP contribution in [0.15, 0.2) is 29.5 Å². The van der Waals surface area contributed by atoms with Gasteiger partial charge in [-0.05, 0) is 44.4 Å². The molecule has 0 atom stereocenters. The number of nitrogens with one attached hydrogen (secondary N) is 1. The van der Waals surface area contributed by atoms with E-state index in [1.165, 1.54) is 7.11 Å². The highest BCUT2D eigenvalue weighted by Crippen LogP contribution is 2.25. The van der Waals surface area contributed by atoms with Gasteiger partial charge in [0.1, 0.15) is 0 Å².